The van der Waals surface area contributed by atoms with Crippen LogP contribution in [0.1, 0.15) is 27.3 Å². The molecule has 0 aliphatic heterocycles. The van der Waals surface area contributed by atoms with E-state index >= 15 is 0 Å². The first-order valence-electron chi connectivity index (χ1n) is 5.91. The van der Waals surface area contributed by atoms with Crippen molar-refractivity contribution in [3.63, 3.8) is 0 Å². The minimum Gasteiger partial charge on any atom is -0.476 e. The van der Waals surface area contributed by atoms with Gasteiger partial charge in [-0.15, -0.1) is 0 Å². The van der Waals surface area contributed by atoms with Gasteiger partial charge in [-0.05, 0) is 37.1 Å². The number of methoxy groups -OCH3 is 1. The Kier molecular flexibility index (Phi) is 3.66. The number of carboxylic acids is 1. The van der Waals surface area contributed by atoms with E-state index in [1.165, 1.54) is 6.07 Å². The summed E-state index contributed by atoms with van der Waals surface area (Å²) in [7, 11) is 1.57. The number of benzene rings is 1. The van der Waals surface area contributed by atoms with Crippen LogP contribution >= 0.6 is 0 Å². The molecule has 5 heteroatoms. The van der Waals surface area contributed by atoms with Crippen LogP contribution in [-0.2, 0) is 11.3 Å². The van der Waals surface area contributed by atoms with Crippen LogP contribution in [0.25, 0.3) is 5.69 Å². The Morgan fingerprint density at radius 3 is 2.74 bits per heavy atom. The molecule has 0 aliphatic carbocycles. The molecule has 2 aromatic rings. The monoisotopic (exact) mass is 260 g/mol. The van der Waals surface area contributed by atoms with Gasteiger partial charge in [-0.1, -0.05) is 12.1 Å². The largest absolute Gasteiger partial charge is 0.476 e. The summed E-state index contributed by atoms with van der Waals surface area (Å²) >= 11 is 0. The molecular formula is C14H16N2O3. The maximum Gasteiger partial charge on any atom is 0.356 e. The SMILES string of the molecule is COCc1cc(C(=O)O)nn1-c1cc(C)ccc1C. The van der Waals surface area contributed by atoms with Gasteiger partial charge in [0.1, 0.15) is 0 Å². The molecule has 0 radical (unpaired) electrons. The normalized spacial score (nSPS) is 10.7. The first-order valence-corrected chi connectivity index (χ1v) is 5.91. The second-order valence-electron chi connectivity index (χ2n) is 4.46. The van der Waals surface area contributed by atoms with E-state index in [0.717, 1.165) is 16.8 Å². The van der Waals surface area contributed by atoms with Crippen molar-refractivity contribution in [2.45, 2.75) is 20.5 Å². The fraction of sp³-hybridized carbons (Fsp3) is 0.286. The Morgan fingerprint density at radius 2 is 2.11 bits per heavy atom. The van der Waals surface area contributed by atoms with Crippen molar-refractivity contribution in [3.8, 4) is 5.69 Å². The minimum atomic E-state index is -1.04. The van der Waals surface area contributed by atoms with Crippen LogP contribution in [0.5, 0.6) is 0 Å². The van der Waals surface area contributed by atoms with E-state index in [-0.39, 0.29) is 5.69 Å². The number of aryl methyl sites for hydroxylation is 2. The Morgan fingerprint density at radius 1 is 1.37 bits per heavy atom. The van der Waals surface area contributed by atoms with Gasteiger partial charge in [0.25, 0.3) is 0 Å². The number of hydrogen-bond donors (Lipinski definition) is 1. The highest BCUT2D eigenvalue weighted by atomic mass is 16.5. The molecule has 0 atom stereocenters. The zero-order chi connectivity index (χ0) is 14.0. The van der Waals surface area contributed by atoms with E-state index < -0.39 is 5.97 Å². The second kappa shape index (κ2) is 5.24. The van der Waals surface area contributed by atoms with Gasteiger partial charge >= 0.3 is 5.97 Å². The summed E-state index contributed by atoms with van der Waals surface area (Å²) in [5, 5.41) is 13.2. The predicted octanol–water partition coefficient (Wildman–Crippen LogP) is 2.33. The molecule has 19 heavy (non-hydrogen) atoms. The number of aromatic nitrogens is 2. The van der Waals surface area contributed by atoms with Gasteiger partial charge < -0.3 is 9.84 Å². The molecular weight excluding hydrogens is 244 g/mol. The lowest BCUT2D eigenvalue weighted by atomic mass is 10.1. The predicted molar refractivity (Wildman–Crippen MR) is 70.7 cm³/mol. The Balaban J connectivity index is 2.59. The van der Waals surface area contributed by atoms with E-state index in [1.54, 1.807) is 11.8 Å². The summed E-state index contributed by atoms with van der Waals surface area (Å²) in [6.45, 7) is 4.27. The van der Waals surface area contributed by atoms with Gasteiger partial charge in [0.15, 0.2) is 5.69 Å². The van der Waals surface area contributed by atoms with Gasteiger partial charge in [-0.2, -0.15) is 5.10 Å². The Bertz CT molecular complexity index is 617. The molecule has 0 amide bonds. The molecule has 1 heterocycles. The van der Waals surface area contributed by atoms with Crippen LogP contribution in [-0.4, -0.2) is 28.0 Å². The summed E-state index contributed by atoms with van der Waals surface area (Å²) in [4.78, 5) is 11.0. The molecule has 2 rings (SSSR count). The summed E-state index contributed by atoms with van der Waals surface area (Å²) in [6.07, 6.45) is 0. The number of carbonyl (C=O) groups is 1. The number of ether oxygens (including phenoxy) is 1. The lowest BCUT2D eigenvalue weighted by molar-refractivity contribution is 0.0690. The van der Waals surface area contributed by atoms with Crippen molar-refractivity contribution in [3.05, 3.63) is 46.8 Å². The molecule has 0 fully saturated rings. The molecule has 0 aliphatic rings. The van der Waals surface area contributed by atoms with E-state index in [4.69, 9.17) is 9.84 Å². The zero-order valence-corrected chi connectivity index (χ0v) is 11.2. The van der Waals surface area contributed by atoms with Crippen molar-refractivity contribution in [2.24, 2.45) is 0 Å². The molecule has 0 saturated carbocycles. The molecule has 1 aromatic carbocycles. The van der Waals surface area contributed by atoms with E-state index in [2.05, 4.69) is 5.10 Å². The molecule has 1 N–H and O–H groups in total. The van der Waals surface area contributed by atoms with Crippen LogP contribution in [0.2, 0.25) is 0 Å². The van der Waals surface area contributed by atoms with Crippen molar-refractivity contribution >= 4 is 5.97 Å². The van der Waals surface area contributed by atoms with Gasteiger partial charge in [0.05, 0.1) is 18.0 Å². The molecule has 0 unspecified atom stereocenters. The third kappa shape index (κ3) is 2.66. The maximum absolute atomic E-state index is 11.0. The molecule has 0 bridgehead atoms. The summed E-state index contributed by atoms with van der Waals surface area (Å²) < 4.78 is 6.73. The second-order valence-corrected chi connectivity index (χ2v) is 4.46. The highest BCUT2D eigenvalue weighted by molar-refractivity contribution is 5.85. The minimum absolute atomic E-state index is 0.0213. The summed E-state index contributed by atoms with van der Waals surface area (Å²) in [5.41, 5.74) is 3.74. The fourth-order valence-electron chi connectivity index (χ4n) is 1.93. The van der Waals surface area contributed by atoms with Gasteiger partial charge in [0, 0.05) is 7.11 Å². The van der Waals surface area contributed by atoms with Crippen LogP contribution in [0.3, 0.4) is 0 Å². The van der Waals surface area contributed by atoms with Gasteiger partial charge in [-0.25, -0.2) is 9.48 Å². The first kappa shape index (κ1) is 13.3. The standard InChI is InChI=1S/C14H16N2O3/c1-9-4-5-10(2)13(6-9)16-11(8-19-3)7-12(15-16)14(17)18/h4-7H,8H2,1-3H3,(H,17,18). The van der Waals surface area contributed by atoms with Crippen LogP contribution in [0.15, 0.2) is 24.3 Å². The maximum atomic E-state index is 11.0. The summed E-state index contributed by atoms with van der Waals surface area (Å²) in [6, 6.07) is 7.51. The zero-order valence-electron chi connectivity index (χ0n) is 11.2. The highest BCUT2D eigenvalue weighted by Crippen LogP contribution is 2.19. The highest BCUT2D eigenvalue weighted by Gasteiger charge is 2.15. The van der Waals surface area contributed by atoms with Crippen molar-refractivity contribution < 1.29 is 14.6 Å². The van der Waals surface area contributed by atoms with E-state index in [0.29, 0.717) is 12.3 Å². The summed E-state index contributed by atoms with van der Waals surface area (Å²) in [5.74, 6) is -1.04. The number of nitrogens with zero attached hydrogens (tertiary/aromatic N) is 2. The first-order chi connectivity index (χ1) is 9.02. The van der Waals surface area contributed by atoms with Crippen molar-refractivity contribution in [2.75, 3.05) is 7.11 Å². The lowest BCUT2D eigenvalue weighted by Crippen LogP contribution is -2.06. The van der Waals surface area contributed by atoms with Crippen molar-refractivity contribution in [1.29, 1.82) is 0 Å². The number of carboxylic acid groups (broad SMARTS) is 1. The Labute approximate surface area is 111 Å². The number of aromatic carboxylic acids is 1. The van der Waals surface area contributed by atoms with E-state index in [9.17, 15) is 4.79 Å². The number of rotatable bonds is 4. The third-order valence-corrected chi connectivity index (χ3v) is 2.89. The molecule has 0 saturated heterocycles. The third-order valence-electron chi connectivity index (χ3n) is 2.89. The quantitative estimate of drug-likeness (QED) is 0.916. The topological polar surface area (TPSA) is 64.3 Å². The smallest absolute Gasteiger partial charge is 0.356 e. The fourth-order valence-corrected chi connectivity index (χ4v) is 1.93. The molecule has 100 valence electrons. The van der Waals surface area contributed by atoms with Gasteiger partial charge in [-0.3, -0.25) is 0 Å². The Hall–Kier alpha value is -2.14. The van der Waals surface area contributed by atoms with Crippen LogP contribution in [0.4, 0.5) is 0 Å². The van der Waals surface area contributed by atoms with E-state index in [1.807, 2.05) is 32.0 Å². The average molecular weight is 260 g/mol. The number of hydrogen-bond acceptors (Lipinski definition) is 3. The lowest BCUT2D eigenvalue weighted by Gasteiger charge is -2.10. The molecule has 5 nitrogen and oxygen atoms in total. The van der Waals surface area contributed by atoms with Crippen molar-refractivity contribution in [1.82, 2.24) is 9.78 Å². The average Bonchev–Trinajstić information content (AvgIpc) is 2.77. The molecule has 1 aromatic heterocycles. The van der Waals surface area contributed by atoms with Gasteiger partial charge in [0.2, 0.25) is 0 Å². The van der Waals surface area contributed by atoms with Crippen LogP contribution < -0.4 is 0 Å². The van der Waals surface area contributed by atoms with Crippen LogP contribution in [0, 0.1) is 13.8 Å². The molecule has 0 spiro atoms.